The molecule has 152 valence electrons. The van der Waals surface area contributed by atoms with E-state index in [4.69, 9.17) is 9.72 Å². The Kier molecular flexibility index (Phi) is 5.03. The average molecular weight is 392 g/mol. The quantitative estimate of drug-likeness (QED) is 0.663. The Morgan fingerprint density at radius 3 is 2.72 bits per heavy atom. The molecule has 6 nitrogen and oxygen atoms in total. The summed E-state index contributed by atoms with van der Waals surface area (Å²) in [5.74, 6) is 1.85. The Hall–Kier alpha value is -2.89. The lowest BCUT2D eigenvalue weighted by molar-refractivity contribution is 0.283. The van der Waals surface area contributed by atoms with Crippen LogP contribution in [0.4, 0.5) is 11.6 Å². The molecule has 0 amide bonds. The number of ether oxygens (including phenoxy) is 1. The number of nitrogens with one attached hydrogen (secondary N) is 1. The summed E-state index contributed by atoms with van der Waals surface area (Å²) in [6, 6.07) is 5.99. The smallest absolute Gasteiger partial charge is 0.227 e. The van der Waals surface area contributed by atoms with Crippen molar-refractivity contribution in [2.24, 2.45) is 5.41 Å². The van der Waals surface area contributed by atoms with Gasteiger partial charge in [0.2, 0.25) is 5.95 Å². The van der Waals surface area contributed by atoms with Crippen LogP contribution in [-0.2, 0) is 6.42 Å². The molecule has 1 aliphatic rings. The highest BCUT2D eigenvalue weighted by atomic mass is 16.5. The minimum Gasteiger partial charge on any atom is -0.494 e. The molecular formula is C23H29N5O. The first-order valence-corrected chi connectivity index (χ1v) is 10.2. The van der Waals surface area contributed by atoms with E-state index in [0.717, 1.165) is 29.2 Å². The minimum absolute atomic E-state index is 0.189. The summed E-state index contributed by atoms with van der Waals surface area (Å²) in [7, 11) is 1.68. The van der Waals surface area contributed by atoms with Crippen molar-refractivity contribution < 1.29 is 4.74 Å². The van der Waals surface area contributed by atoms with E-state index in [-0.39, 0.29) is 5.41 Å². The number of aryl methyl sites for hydroxylation is 2. The van der Waals surface area contributed by atoms with Crippen LogP contribution in [0, 0.1) is 12.3 Å². The van der Waals surface area contributed by atoms with Crippen LogP contribution in [0.3, 0.4) is 0 Å². The Morgan fingerprint density at radius 1 is 1.21 bits per heavy atom. The number of aromatic nitrogens is 4. The summed E-state index contributed by atoms with van der Waals surface area (Å²) in [6.07, 6.45) is 9.21. The summed E-state index contributed by atoms with van der Waals surface area (Å²) < 4.78 is 7.57. The molecule has 3 aromatic rings. The molecule has 29 heavy (non-hydrogen) atoms. The second-order valence-electron chi connectivity index (χ2n) is 8.85. The molecule has 0 saturated carbocycles. The van der Waals surface area contributed by atoms with Crippen molar-refractivity contribution in [3.8, 4) is 11.4 Å². The fourth-order valence-corrected chi connectivity index (χ4v) is 4.10. The fourth-order valence-electron chi connectivity index (χ4n) is 4.10. The fraction of sp³-hybridized carbons (Fsp3) is 0.435. The number of hydrogen-bond acceptors (Lipinski definition) is 5. The molecule has 1 atom stereocenters. The number of benzene rings is 1. The van der Waals surface area contributed by atoms with Gasteiger partial charge in [0.1, 0.15) is 5.75 Å². The first kappa shape index (κ1) is 19.4. The summed E-state index contributed by atoms with van der Waals surface area (Å²) in [5.41, 5.74) is 5.46. The van der Waals surface area contributed by atoms with E-state index >= 15 is 0 Å². The van der Waals surface area contributed by atoms with Crippen LogP contribution in [0.5, 0.6) is 5.75 Å². The van der Waals surface area contributed by atoms with Gasteiger partial charge in [0.15, 0.2) is 0 Å². The highest BCUT2D eigenvalue weighted by Crippen LogP contribution is 2.42. The third-order valence-corrected chi connectivity index (χ3v) is 5.64. The highest BCUT2D eigenvalue weighted by molar-refractivity contribution is 5.62. The van der Waals surface area contributed by atoms with Crippen molar-refractivity contribution in [3.05, 3.63) is 53.9 Å². The SMILES string of the molecule is COc1cc(Nc2ncc3c(n2)C(C(C)(C)C)CCC3)ccc1-n1cnc(C)c1. The van der Waals surface area contributed by atoms with Gasteiger partial charge >= 0.3 is 0 Å². The van der Waals surface area contributed by atoms with E-state index in [1.54, 1.807) is 13.4 Å². The van der Waals surface area contributed by atoms with E-state index < -0.39 is 0 Å². The number of nitrogens with zero attached hydrogens (tertiary/aromatic N) is 4. The molecule has 1 aliphatic carbocycles. The first-order valence-electron chi connectivity index (χ1n) is 10.2. The summed E-state index contributed by atoms with van der Waals surface area (Å²) in [6.45, 7) is 8.85. The number of rotatable bonds is 4. The summed E-state index contributed by atoms with van der Waals surface area (Å²) in [5, 5.41) is 3.36. The van der Waals surface area contributed by atoms with Crippen molar-refractivity contribution in [1.82, 2.24) is 19.5 Å². The zero-order valence-electron chi connectivity index (χ0n) is 17.9. The van der Waals surface area contributed by atoms with Gasteiger partial charge in [0.05, 0.1) is 30.5 Å². The predicted octanol–water partition coefficient (Wildman–Crippen LogP) is 5.19. The molecule has 4 rings (SSSR count). The number of imidazole rings is 1. The van der Waals surface area contributed by atoms with Gasteiger partial charge in [-0.05, 0) is 49.3 Å². The molecule has 6 heteroatoms. The summed E-state index contributed by atoms with van der Waals surface area (Å²) in [4.78, 5) is 13.8. The lowest BCUT2D eigenvalue weighted by atomic mass is 9.72. The maximum Gasteiger partial charge on any atom is 0.227 e. The van der Waals surface area contributed by atoms with Gasteiger partial charge in [-0.25, -0.2) is 15.0 Å². The highest BCUT2D eigenvalue weighted by Gasteiger charge is 2.32. The van der Waals surface area contributed by atoms with E-state index in [1.807, 2.05) is 42.1 Å². The summed E-state index contributed by atoms with van der Waals surface area (Å²) >= 11 is 0. The van der Waals surface area contributed by atoms with Gasteiger partial charge in [0.25, 0.3) is 0 Å². The third-order valence-electron chi connectivity index (χ3n) is 5.64. The van der Waals surface area contributed by atoms with Crippen molar-refractivity contribution in [2.45, 2.75) is 52.9 Å². The second-order valence-corrected chi connectivity index (χ2v) is 8.85. The van der Waals surface area contributed by atoms with Crippen LogP contribution in [0.2, 0.25) is 0 Å². The van der Waals surface area contributed by atoms with Gasteiger partial charge in [-0.3, -0.25) is 0 Å². The Balaban J connectivity index is 1.63. The molecule has 0 saturated heterocycles. The number of fused-ring (bicyclic) bond motifs is 1. The third kappa shape index (κ3) is 3.97. The monoisotopic (exact) mass is 391 g/mol. The van der Waals surface area contributed by atoms with Crippen LogP contribution < -0.4 is 10.1 Å². The maximum absolute atomic E-state index is 5.61. The van der Waals surface area contributed by atoms with Gasteiger partial charge in [-0.2, -0.15) is 0 Å². The number of hydrogen-bond donors (Lipinski definition) is 1. The van der Waals surface area contributed by atoms with E-state index in [2.05, 4.69) is 36.1 Å². The molecule has 0 radical (unpaired) electrons. The van der Waals surface area contributed by atoms with Crippen molar-refractivity contribution in [1.29, 1.82) is 0 Å². The standard InChI is InChI=1S/C23H29N5O/c1-15-13-28(14-25-15)19-10-9-17(11-20(19)29-5)26-22-24-12-16-7-6-8-18(21(16)27-22)23(2,3)4/h9-14,18H,6-8H2,1-5H3,(H,24,26,27). The molecule has 2 aromatic heterocycles. The minimum atomic E-state index is 0.189. The molecule has 2 heterocycles. The number of anilines is 2. The van der Waals surface area contributed by atoms with E-state index in [1.165, 1.54) is 24.1 Å². The Bertz CT molecular complexity index is 1020. The molecule has 1 aromatic carbocycles. The first-order chi connectivity index (χ1) is 13.8. The molecule has 1 unspecified atom stereocenters. The van der Waals surface area contributed by atoms with Crippen molar-refractivity contribution >= 4 is 11.6 Å². The lowest BCUT2D eigenvalue weighted by Crippen LogP contribution is -2.24. The zero-order chi connectivity index (χ0) is 20.6. The molecule has 0 spiro atoms. The predicted molar refractivity (Wildman–Crippen MR) is 115 cm³/mol. The van der Waals surface area contributed by atoms with E-state index in [9.17, 15) is 0 Å². The Morgan fingerprint density at radius 2 is 2.03 bits per heavy atom. The van der Waals surface area contributed by atoms with Gasteiger partial charge in [0, 0.05) is 30.1 Å². The topological polar surface area (TPSA) is 64.9 Å². The van der Waals surface area contributed by atoms with Gasteiger partial charge in [-0.15, -0.1) is 0 Å². The zero-order valence-corrected chi connectivity index (χ0v) is 17.9. The number of methoxy groups -OCH3 is 1. The van der Waals surface area contributed by atoms with Crippen LogP contribution in [0.1, 0.15) is 56.5 Å². The van der Waals surface area contributed by atoms with Gasteiger partial charge < -0.3 is 14.6 Å². The largest absolute Gasteiger partial charge is 0.494 e. The van der Waals surface area contributed by atoms with Crippen LogP contribution >= 0.6 is 0 Å². The second kappa shape index (κ2) is 7.50. The molecule has 0 aliphatic heterocycles. The molecular weight excluding hydrogens is 362 g/mol. The van der Waals surface area contributed by atoms with Crippen molar-refractivity contribution in [2.75, 3.05) is 12.4 Å². The molecule has 1 N–H and O–H groups in total. The Labute approximate surface area is 172 Å². The molecule has 0 bridgehead atoms. The van der Waals surface area contributed by atoms with Crippen LogP contribution in [-0.4, -0.2) is 26.6 Å². The maximum atomic E-state index is 5.61. The van der Waals surface area contributed by atoms with Crippen LogP contribution in [0.15, 0.2) is 36.9 Å². The van der Waals surface area contributed by atoms with E-state index in [0.29, 0.717) is 11.9 Å². The molecule has 0 fully saturated rings. The average Bonchev–Trinajstić information content (AvgIpc) is 3.12. The lowest BCUT2D eigenvalue weighted by Gasteiger charge is -2.34. The van der Waals surface area contributed by atoms with Crippen molar-refractivity contribution in [3.63, 3.8) is 0 Å². The van der Waals surface area contributed by atoms with Crippen LogP contribution in [0.25, 0.3) is 5.69 Å². The van der Waals surface area contributed by atoms with Gasteiger partial charge in [-0.1, -0.05) is 20.8 Å². The normalized spacial score (nSPS) is 16.4.